The van der Waals surface area contributed by atoms with Crippen LogP contribution in [0, 0.1) is 0 Å². The van der Waals surface area contributed by atoms with E-state index in [4.69, 9.17) is 9.51 Å². The largest absolute Gasteiger partial charge is 0.356 e. The smallest absolute Gasteiger partial charge is 0.229 e. The van der Waals surface area contributed by atoms with E-state index < -0.39 is 0 Å². The fraction of sp³-hybridized carbons (Fsp3) is 0.667. The highest BCUT2D eigenvalue weighted by molar-refractivity contribution is 5.44. The molecule has 0 spiro atoms. The molecular weight excluding hydrogens is 316 g/mol. The van der Waals surface area contributed by atoms with Crippen LogP contribution in [0.5, 0.6) is 0 Å². The summed E-state index contributed by atoms with van der Waals surface area (Å²) >= 11 is 0. The van der Waals surface area contributed by atoms with Gasteiger partial charge in [0.15, 0.2) is 5.82 Å². The zero-order valence-corrected chi connectivity index (χ0v) is 15.1. The molecule has 0 amide bonds. The maximum Gasteiger partial charge on any atom is 0.229 e. The summed E-state index contributed by atoms with van der Waals surface area (Å²) in [5.41, 5.74) is 0. The summed E-state index contributed by atoms with van der Waals surface area (Å²) in [7, 11) is 0. The van der Waals surface area contributed by atoms with Gasteiger partial charge in [0.2, 0.25) is 11.8 Å². The standard InChI is InChI=1S/C18H26N6O/c1-13(2)17-21-16(22-25-17)14-6-5-11-24(12-14)18-19-8-7-15(20-18)23-9-3-4-10-23/h7-8,13-14H,3-6,9-12H2,1-2H3/t14-/m1/s1. The molecule has 0 bridgehead atoms. The molecule has 2 fully saturated rings. The summed E-state index contributed by atoms with van der Waals surface area (Å²) in [6, 6.07) is 2.02. The van der Waals surface area contributed by atoms with Crippen LogP contribution in [0.3, 0.4) is 0 Å². The Balaban J connectivity index is 1.49. The van der Waals surface area contributed by atoms with E-state index in [1.807, 2.05) is 12.3 Å². The van der Waals surface area contributed by atoms with Crippen molar-refractivity contribution in [2.45, 2.75) is 51.4 Å². The molecule has 25 heavy (non-hydrogen) atoms. The molecule has 0 aromatic carbocycles. The Bertz CT molecular complexity index is 709. The summed E-state index contributed by atoms with van der Waals surface area (Å²) < 4.78 is 5.39. The molecule has 2 saturated heterocycles. The minimum absolute atomic E-state index is 0.265. The van der Waals surface area contributed by atoms with Gasteiger partial charge in [-0.15, -0.1) is 0 Å². The van der Waals surface area contributed by atoms with Crippen LogP contribution < -0.4 is 9.80 Å². The molecule has 134 valence electrons. The third kappa shape index (κ3) is 3.45. The summed E-state index contributed by atoms with van der Waals surface area (Å²) in [6.07, 6.45) is 6.56. The molecule has 2 aliphatic rings. The van der Waals surface area contributed by atoms with Crippen LogP contribution in [0.2, 0.25) is 0 Å². The Morgan fingerprint density at radius 1 is 1.08 bits per heavy atom. The highest BCUT2D eigenvalue weighted by atomic mass is 16.5. The number of hydrogen-bond donors (Lipinski definition) is 0. The minimum atomic E-state index is 0.265. The molecule has 0 N–H and O–H groups in total. The van der Waals surface area contributed by atoms with Gasteiger partial charge >= 0.3 is 0 Å². The summed E-state index contributed by atoms with van der Waals surface area (Å²) in [5, 5.41) is 4.21. The molecule has 2 aliphatic heterocycles. The Morgan fingerprint density at radius 3 is 2.64 bits per heavy atom. The monoisotopic (exact) mass is 342 g/mol. The van der Waals surface area contributed by atoms with Gasteiger partial charge in [-0.2, -0.15) is 9.97 Å². The second kappa shape index (κ2) is 6.98. The number of piperidine rings is 1. The minimum Gasteiger partial charge on any atom is -0.356 e. The topological polar surface area (TPSA) is 71.2 Å². The molecule has 2 aromatic rings. The van der Waals surface area contributed by atoms with Gasteiger partial charge in [-0.25, -0.2) is 4.98 Å². The van der Waals surface area contributed by atoms with E-state index in [1.54, 1.807) is 0 Å². The second-order valence-electron chi connectivity index (χ2n) is 7.34. The predicted molar refractivity (Wildman–Crippen MR) is 96.1 cm³/mol. The molecule has 0 unspecified atom stereocenters. The lowest BCUT2D eigenvalue weighted by molar-refractivity contribution is 0.354. The lowest BCUT2D eigenvalue weighted by atomic mass is 9.97. The van der Waals surface area contributed by atoms with Crippen molar-refractivity contribution in [1.29, 1.82) is 0 Å². The predicted octanol–water partition coefficient (Wildman–Crippen LogP) is 2.97. The van der Waals surface area contributed by atoms with Gasteiger partial charge < -0.3 is 14.3 Å². The summed E-state index contributed by atoms with van der Waals surface area (Å²) in [5.74, 6) is 3.96. The van der Waals surface area contributed by atoms with E-state index in [0.717, 1.165) is 62.5 Å². The quantitative estimate of drug-likeness (QED) is 0.846. The van der Waals surface area contributed by atoms with Crippen molar-refractivity contribution in [2.24, 2.45) is 0 Å². The molecule has 0 radical (unpaired) electrons. The molecule has 2 aromatic heterocycles. The fourth-order valence-electron chi connectivity index (χ4n) is 3.63. The van der Waals surface area contributed by atoms with Gasteiger partial charge in [-0.05, 0) is 31.7 Å². The zero-order chi connectivity index (χ0) is 17.2. The highest BCUT2D eigenvalue weighted by Crippen LogP contribution is 2.29. The van der Waals surface area contributed by atoms with Crippen LogP contribution in [0.15, 0.2) is 16.8 Å². The third-order valence-electron chi connectivity index (χ3n) is 5.08. The van der Waals surface area contributed by atoms with Crippen LogP contribution >= 0.6 is 0 Å². The van der Waals surface area contributed by atoms with E-state index in [-0.39, 0.29) is 11.8 Å². The SMILES string of the molecule is CC(C)c1nc([C@@H]2CCCN(c3nccc(N4CCCC4)n3)C2)no1. The lowest BCUT2D eigenvalue weighted by Gasteiger charge is -2.31. The van der Waals surface area contributed by atoms with E-state index in [0.29, 0.717) is 0 Å². The maximum absolute atomic E-state index is 5.39. The first kappa shape index (κ1) is 16.3. The number of aromatic nitrogens is 4. The third-order valence-corrected chi connectivity index (χ3v) is 5.08. The van der Waals surface area contributed by atoms with Crippen molar-refractivity contribution < 1.29 is 4.52 Å². The number of rotatable bonds is 4. The highest BCUT2D eigenvalue weighted by Gasteiger charge is 2.27. The van der Waals surface area contributed by atoms with Crippen molar-refractivity contribution in [2.75, 3.05) is 36.0 Å². The molecule has 4 heterocycles. The molecule has 0 saturated carbocycles. The van der Waals surface area contributed by atoms with Gasteiger partial charge in [0.1, 0.15) is 5.82 Å². The first-order valence-electron chi connectivity index (χ1n) is 9.37. The van der Waals surface area contributed by atoms with E-state index in [2.05, 4.69) is 38.8 Å². The molecule has 1 atom stereocenters. The number of anilines is 2. The fourth-order valence-corrected chi connectivity index (χ4v) is 3.63. The van der Waals surface area contributed by atoms with Crippen molar-refractivity contribution in [3.05, 3.63) is 24.0 Å². The Hall–Kier alpha value is -2.18. The molecular formula is C18H26N6O. The first-order valence-corrected chi connectivity index (χ1v) is 9.37. The van der Waals surface area contributed by atoms with Crippen LogP contribution in [-0.2, 0) is 0 Å². The van der Waals surface area contributed by atoms with Crippen LogP contribution in [0.4, 0.5) is 11.8 Å². The Morgan fingerprint density at radius 2 is 1.88 bits per heavy atom. The molecule has 0 aliphatic carbocycles. The maximum atomic E-state index is 5.39. The first-order chi connectivity index (χ1) is 12.2. The average molecular weight is 342 g/mol. The van der Waals surface area contributed by atoms with Gasteiger partial charge in [-0.3, -0.25) is 0 Å². The summed E-state index contributed by atoms with van der Waals surface area (Å²) in [4.78, 5) is 18.5. The van der Waals surface area contributed by atoms with E-state index >= 15 is 0 Å². The van der Waals surface area contributed by atoms with E-state index in [1.165, 1.54) is 12.8 Å². The van der Waals surface area contributed by atoms with Gasteiger partial charge in [0.25, 0.3) is 0 Å². The molecule has 7 heteroatoms. The van der Waals surface area contributed by atoms with Gasteiger partial charge in [0.05, 0.1) is 0 Å². The molecule has 7 nitrogen and oxygen atoms in total. The normalized spacial score (nSPS) is 21.3. The molecule has 4 rings (SSSR count). The van der Waals surface area contributed by atoms with Gasteiger partial charge in [-0.1, -0.05) is 19.0 Å². The Kier molecular flexibility index (Phi) is 4.55. The zero-order valence-electron chi connectivity index (χ0n) is 15.1. The van der Waals surface area contributed by atoms with Crippen LogP contribution in [0.25, 0.3) is 0 Å². The van der Waals surface area contributed by atoms with Crippen molar-refractivity contribution in [3.8, 4) is 0 Å². The van der Waals surface area contributed by atoms with Gasteiger partial charge in [0, 0.05) is 44.2 Å². The van der Waals surface area contributed by atoms with Crippen LogP contribution in [-0.4, -0.2) is 46.3 Å². The lowest BCUT2D eigenvalue weighted by Crippen LogP contribution is -2.36. The van der Waals surface area contributed by atoms with E-state index in [9.17, 15) is 0 Å². The second-order valence-corrected chi connectivity index (χ2v) is 7.34. The van der Waals surface area contributed by atoms with Crippen molar-refractivity contribution >= 4 is 11.8 Å². The average Bonchev–Trinajstić information content (AvgIpc) is 3.34. The van der Waals surface area contributed by atoms with Crippen molar-refractivity contribution in [3.63, 3.8) is 0 Å². The Labute approximate surface area is 148 Å². The van der Waals surface area contributed by atoms with Crippen molar-refractivity contribution in [1.82, 2.24) is 20.1 Å². The summed E-state index contributed by atoms with van der Waals surface area (Å²) in [6.45, 7) is 8.17. The number of hydrogen-bond acceptors (Lipinski definition) is 7. The number of nitrogens with zero attached hydrogens (tertiary/aromatic N) is 6. The van der Waals surface area contributed by atoms with Crippen LogP contribution in [0.1, 0.15) is 63.1 Å².